The lowest BCUT2D eigenvalue weighted by Crippen LogP contribution is -2.46. The molecule has 0 unspecified atom stereocenters. The smallest absolute Gasteiger partial charge is 0.182 e. The van der Waals surface area contributed by atoms with Gasteiger partial charge < -0.3 is 4.90 Å². The second-order valence-corrected chi connectivity index (χ2v) is 8.41. The van der Waals surface area contributed by atoms with E-state index in [-0.39, 0.29) is 0 Å². The van der Waals surface area contributed by atoms with Crippen LogP contribution < -0.4 is 5.46 Å². The molecule has 0 amide bonds. The van der Waals surface area contributed by atoms with Crippen LogP contribution in [0.25, 0.3) is 0 Å². The van der Waals surface area contributed by atoms with Gasteiger partial charge in [-0.2, -0.15) is 0 Å². The van der Waals surface area contributed by atoms with Crippen LogP contribution in [0.4, 0.5) is 0 Å². The Labute approximate surface area is 150 Å². The molecule has 0 radical (unpaired) electrons. The van der Waals surface area contributed by atoms with Gasteiger partial charge in [0.25, 0.3) is 0 Å². The van der Waals surface area contributed by atoms with Crippen LogP contribution >= 0.6 is 0 Å². The summed E-state index contributed by atoms with van der Waals surface area (Å²) in [7, 11) is 2.31. The first-order valence-electron chi connectivity index (χ1n) is 10.6. The van der Waals surface area contributed by atoms with E-state index in [1.165, 1.54) is 70.8 Å². The lowest BCUT2D eigenvalue weighted by atomic mass is 9.24. The van der Waals surface area contributed by atoms with Crippen molar-refractivity contribution in [3.8, 4) is 0 Å². The summed E-state index contributed by atoms with van der Waals surface area (Å²) in [6, 6.07) is 9.40. The van der Waals surface area contributed by atoms with E-state index >= 15 is 0 Å². The van der Waals surface area contributed by atoms with Crippen molar-refractivity contribution in [2.45, 2.75) is 89.3 Å². The van der Waals surface area contributed by atoms with Gasteiger partial charge in [-0.1, -0.05) is 106 Å². The largest absolute Gasteiger partial charge is 0.302 e. The highest BCUT2D eigenvalue weighted by molar-refractivity contribution is 6.76. The molecule has 2 bridgehead atoms. The maximum absolute atomic E-state index is 2.55. The third kappa shape index (κ3) is 4.45. The molecule has 132 valence electrons. The zero-order valence-electron chi connectivity index (χ0n) is 16.0. The summed E-state index contributed by atoms with van der Waals surface area (Å²) < 4.78 is 0. The van der Waals surface area contributed by atoms with Crippen LogP contribution in [0.2, 0.25) is 11.6 Å². The monoisotopic (exact) mass is 325 g/mol. The molecule has 2 fully saturated rings. The van der Waals surface area contributed by atoms with E-state index in [2.05, 4.69) is 43.1 Å². The van der Waals surface area contributed by atoms with Gasteiger partial charge in [0.05, 0.1) is 0 Å². The number of hydrogen-bond acceptors (Lipinski definition) is 1. The van der Waals surface area contributed by atoms with Gasteiger partial charge in [0.15, 0.2) is 6.71 Å². The molecular formula is C22H36BN. The molecule has 2 saturated heterocycles. The Hall–Kier alpha value is -0.755. The third-order valence-electron chi connectivity index (χ3n) is 6.56. The molecule has 0 N–H and O–H groups in total. The van der Waals surface area contributed by atoms with Gasteiger partial charge >= 0.3 is 0 Å². The molecule has 2 heterocycles. The van der Waals surface area contributed by atoms with Gasteiger partial charge in [0.1, 0.15) is 0 Å². The van der Waals surface area contributed by atoms with Crippen molar-refractivity contribution >= 4 is 12.2 Å². The molecule has 2 heteroatoms. The molecule has 0 aliphatic carbocycles. The van der Waals surface area contributed by atoms with Gasteiger partial charge in [-0.25, -0.2) is 0 Å². The SMILES string of the molecule is CCCCCCN(C)Cc1ccccc1B1C2CCCC1CCC2. The molecular weight excluding hydrogens is 289 g/mol. The molecule has 1 aromatic rings. The maximum Gasteiger partial charge on any atom is 0.182 e. The molecule has 0 saturated carbocycles. The standard InChI is InChI=1S/C22H36BN/c1-3-4-5-8-17-24(2)18-19-11-6-7-16-22(19)23-20-12-9-13-21(23)15-10-14-20/h6-7,11,16,20-21H,3-5,8-10,12-15,17-18H2,1-2H3. The summed E-state index contributed by atoms with van der Waals surface area (Å²) >= 11 is 0. The summed E-state index contributed by atoms with van der Waals surface area (Å²) in [5, 5.41) is 0. The zero-order valence-corrected chi connectivity index (χ0v) is 16.0. The van der Waals surface area contributed by atoms with Crippen LogP contribution in [0, 0.1) is 0 Å². The molecule has 0 spiro atoms. The highest BCUT2D eigenvalue weighted by atomic mass is 15.1. The lowest BCUT2D eigenvalue weighted by Gasteiger charge is -2.41. The van der Waals surface area contributed by atoms with Gasteiger partial charge in [-0.05, 0) is 25.6 Å². The summed E-state index contributed by atoms with van der Waals surface area (Å²) in [5.41, 5.74) is 3.31. The fraction of sp³-hybridized carbons (Fsp3) is 0.727. The van der Waals surface area contributed by atoms with Crippen LogP contribution in [-0.4, -0.2) is 25.2 Å². The van der Waals surface area contributed by atoms with Crippen molar-refractivity contribution in [1.82, 2.24) is 4.90 Å². The van der Waals surface area contributed by atoms with Crippen molar-refractivity contribution in [1.29, 1.82) is 0 Å². The average molecular weight is 325 g/mol. The molecule has 0 aromatic heterocycles. The molecule has 1 aromatic carbocycles. The number of nitrogens with zero attached hydrogens (tertiary/aromatic N) is 1. The number of rotatable bonds is 8. The zero-order chi connectivity index (χ0) is 16.8. The fourth-order valence-corrected chi connectivity index (χ4v) is 5.37. The number of fused-ring (bicyclic) bond motifs is 2. The first kappa shape index (κ1) is 18.0. The van der Waals surface area contributed by atoms with E-state index in [1.54, 1.807) is 11.0 Å². The normalized spacial score (nSPS) is 23.7. The van der Waals surface area contributed by atoms with Crippen LogP contribution in [0.15, 0.2) is 24.3 Å². The number of benzene rings is 1. The van der Waals surface area contributed by atoms with Crippen LogP contribution in [0.3, 0.4) is 0 Å². The van der Waals surface area contributed by atoms with Crippen molar-refractivity contribution in [2.75, 3.05) is 13.6 Å². The van der Waals surface area contributed by atoms with E-state index in [9.17, 15) is 0 Å². The predicted molar refractivity (Wildman–Crippen MR) is 108 cm³/mol. The molecule has 0 atom stereocenters. The Balaban J connectivity index is 1.66. The minimum atomic E-state index is 0.859. The molecule has 1 nitrogen and oxygen atoms in total. The van der Waals surface area contributed by atoms with Gasteiger partial charge in [0, 0.05) is 6.54 Å². The maximum atomic E-state index is 2.55. The van der Waals surface area contributed by atoms with Crippen molar-refractivity contribution in [2.24, 2.45) is 0 Å². The minimum Gasteiger partial charge on any atom is -0.302 e. The van der Waals surface area contributed by atoms with E-state index in [4.69, 9.17) is 0 Å². The molecule has 24 heavy (non-hydrogen) atoms. The first-order valence-corrected chi connectivity index (χ1v) is 10.6. The van der Waals surface area contributed by atoms with Crippen LogP contribution in [0.1, 0.15) is 76.7 Å². The highest BCUT2D eigenvalue weighted by Gasteiger charge is 2.40. The average Bonchev–Trinajstić information content (AvgIpc) is 2.59. The minimum absolute atomic E-state index is 0.859. The summed E-state index contributed by atoms with van der Waals surface area (Å²) in [6.07, 6.45) is 14.3. The number of unbranched alkanes of at least 4 members (excludes halogenated alkanes) is 3. The van der Waals surface area contributed by atoms with Crippen LogP contribution in [0.5, 0.6) is 0 Å². The third-order valence-corrected chi connectivity index (χ3v) is 6.56. The Morgan fingerprint density at radius 3 is 2.29 bits per heavy atom. The Morgan fingerprint density at radius 2 is 1.62 bits per heavy atom. The molecule has 2 aliphatic heterocycles. The van der Waals surface area contributed by atoms with Gasteiger partial charge in [0.2, 0.25) is 0 Å². The highest BCUT2D eigenvalue weighted by Crippen LogP contribution is 2.46. The Morgan fingerprint density at radius 1 is 0.958 bits per heavy atom. The second kappa shape index (κ2) is 9.08. The fourth-order valence-electron chi connectivity index (χ4n) is 5.37. The van der Waals surface area contributed by atoms with E-state index < -0.39 is 0 Å². The van der Waals surface area contributed by atoms with Crippen LogP contribution in [-0.2, 0) is 6.54 Å². The molecule has 3 rings (SSSR count). The summed E-state index contributed by atoms with van der Waals surface area (Å²) in [5.74, 6) is 1.93. The number of hydrogen-bond donors (Lipinski definition) is 0. The van der Waals surface area contributed by atoms with E-state index in [1.807, 2.05) is 0 Å². The van der Waals surface area contributed by atoms with Crippen molar-refractivity contribution in [3.05, 3.63) is 29.8 Å². The van der Waals surface area contributed by atoms with E-state index in [0.717, 1.165) is 24.9 Å². The first-order chi connectivity index (χ1) is 11.8. The molecule has 2 aliphatic rings. The van der Waals surface area contributed by atoms with Crippen molar-refractivity contribution < 1.29 is 0 Å². The Kier molecular flexibility index (Phi) is 6.83. The summed E-state index contributed by atoms with van der Waals surface area (Å²) in [4.78, 5) is 2.55. The quantitative estimate of drug-likeness (QED) is 0.450. The second-order valence-electron chi connectivity index (χ2n) is 8.41. The predicted octanol–water partition coefficient (Wildman–Crippen LogP) is 5.51. The summed E-state index contributed by atoms with van der Waals surface area (Å²) in [6.45, 7) is 5.53. The van der Waals surface area contributed by atoms with Gasteiger partial charge in [-0.3, -0.25) is 0 Å². The Bertz CT molecular complexity index is 478. The van der Waals surface area contributed by atoms with Gasteiger partial charge in [-0.15, -0.1) is 0 Å². The lowest BCUT2D eigenvalue weighted by molar-refractivity contribution is 0.317. The topological polar surface area (TPSA) is 3.24 Å². The van der Waals surface area contributed by atoms with Crippen molar-refractivity contribution in [3.63, 3.8) is 0 Å². The van der Waals surface area contributed by atoms with E-state index in [0.29, 0.717) is 0 Å².